The molecule has 0 aliphatic rings. The quantitative estimate of drug-likeness (QED) is 0.0706. The van der Waals surface area contributed by atoms with Crippen LogP contribution in [0.5, 0.6) is 40.2 Å². The second kappa shape index (κ2) is 13.1. The second-order valence-corrected chi connectivity index (χ2v) is 8.90. The Bertz CT molecular complexity index is 1470. The number of benzene rings is 3. The molecule has 216 valence electrons. The van der Waals surface area contributed by atoms with Crippen molar-refractivity contribution in [2.45, 2.75) is 18.9 Å². The van der Waals surface area contributed by atoms with Gasteiger partial charge in [0.1, 0.15) is 0 Å². The van der Waals surface area contributed by atoms with Crippen molar-refractivity contribution in [3.05, 3.63) is 70.8 Å². The third-order valence-electron chi connectivity index (χ3n) is 6.02. The zero-order chi connectivity index (χ0) is 30.3. The number of carboxylic acid groups (broad SMARTS) is 1. The van der Waals surface area contributed by atoms with Gasteiger partial charge in [-0.2, -0.15) is 0 Å². The molecule has 0 radical (unpaired) electrons. The number of ether oxygens (including phenoxy) is 1. The lowest BCUT2D eigenvalue weighted by molar-refractivity contribution is -0.162. The first-order chi connectivity index (χ1) is 19.4. The van der Waals surface area contributed by atoms with E-state index in [1.54, 1.807) is 6.92 Å². The first kappa shape index (κ1) is 30.2. The van der Waals surface area contributed by atoms with Crippen molar-refractivity contribution in [1.82, 2.24) is 5.32 Å². The fourth-order valence-corrected chi connectivity index (χ4v) is 3.89. The normalized spacial score (nSPS) is 12.9. The lowest BCUT2D eigenvalue weighted by Crippen LogP contribution is -2.38. The molecule has 0 bridgehead atoms. The van der Waals surface area contributed by atoms with Crippen LogP contribution in [0, 0.1) is 0 Å². The summed E-state index contributed by atoms with van der Waals surface area (Å²) in [5, 5.41) is 81.4. The first-order valence-corrected chi connectivity index (χ1v) is 12.2. The molecule has 41 heavy (non-hydrogen) atoms. The molecule has 0 saturated carbocycles. The third kappa shape index (κ3) is 7.61. The Kier molecular flexibility index (Phi) is 9.67. The van der Waals surface area contributed by atoms with E-state index in [0.717, 1.165) is 24.3 Å². The number of esters is 1. The van der Waals surface area contributed by atoms with E-state index in [0.29, 0.717) is 17.7 Å². The van der Waals surface area contributed by atoms with E-state index < -0.39 is 52.7 Å². The molecule has 12 nitrogen and oxygen atoms in total. The topological polar surface area (TPSA) is 217 Å². The molecule has 3 rings (SSSR count). The third-order valence-corrected chi connectivity index (χ3v) is 6.02. The fraction of sp³-hybridized carbons (Fsp3) is 0.172. The largest absolute Gasteiger partial charge is 0.504 e. The van der Waals surface area contributed by atoms with Crippen molar-refractivity contribution in [1.29, 1.82) is 0 Å². The van der Waals surface area contributed by atoms with Gasteiger partial charge in [-0.15, -0.1) is 0 Å². The van der Waals surface area contributed by atoms with E-state index in [2.05, 4.69) is 5.32 Å². The number of carbonyl (C=O) groups is 2. The number of aromatic hydroxyl groups is 7. The van der Waals surface area contributed by atoms with Gasteiger partial charge in [-0.25, -0.2) is 9.59 Å². The highest BCUT2D eigenvalue weighted by Gasteiger charge is 2.33. The van der Waals surface area contributed by atoms with E-state index in [-0.39, 0.29) is 29.2 Å². The summed E-state index contributed by atoms with van der Waals surface area (Å²) in [7, 11) is 0. The summed E-state index contributed by atoms with van der Waals surface area (Å²) in [6, 6.07) is 8.59. The van der Waals surface area contributed by atoms with Gasteiger partial charge < -0.3 is 50.9 Å². The molecule has 0 amide bonds. The molecule has 0 aliphatic carbocycles. The minimum Gasteiger partial charge on any atom is -0.504 e. The number of nitrogens with one attached hydrogen (secondary N) is 1. The average molecular weight is 568 g/mol. The number of phenolic OH excluding ortho intramolecular Hbond substituents is 7. The van der Waals surface area contributed by atoms with Crippen molar-refractivity contribution in [3.8, 4) is 40.2 Å². The molecular weight excluding hydrogens is 538 g/mol. The Morgan fingerprint density at radius 2 is 1.37 bits per heavy atom. The Morgan fingerprint density at radius 3 is 1.93 bits per heavy atom. The zero-order valence-electron chi connectivity index (χ0n) is 21.7. The summed E-state index contributed by atoms with van der Waals surface area (Å²) in [4.78, 5) is 24.8. The van der Waals surface area contributed by atoms with Gasteiger partial charge in [0.05, 0.1) is 0 Å². The van der Waals surface area contributed by atoms with Crippen molar-refractivity contribution in [2.75, 3.05) is 13.1 Å². The Balaban J connectivity index is 1.89. The van der Waals surface area contributed by atoms with Crippen LogP contribution in [0.3, 0.4) is 0 Å². The van der Waals surface area contributed by atoms with Gasteiger partial charge in [0.25, 0.3) is 0 Å². The van der Waals surface area contributed by atoms with Crippen LogP contribution in [-0.4, -0.2) is 72.0 Å². The maximum absolute atomic E-state index is 12.7. The van der Waals surface area contributed by atoms with Crippen LogP contribution in [0.25, 0.3) is 18.2 Å². The Labute approximate surface area is 234 Å². The van der Waals surface area contributed by atoms with Crippen LogP contribution in [-0.2, 0) is 14.3 Å². The monoisotopic (exact) mass is 567 g/mol. The molecule has 0 aromatic heterocycles. The molecule has 0 saturated heterocycles. The van der Waals surface area contributed by atoms with Crippen LogP contribution >= 0.6 is 0 Å². The van der Waals surface area contributed by atoms with Gasteiger partial charge in [0.2, 0.25) is 6.10 Å². The minimum atomic E-state index is -1.77. The highest BCUT2D eigenvalue weighted by molar-refractivity contribution is 5.91. The lowest BCUT2D eigenvalue weighted by Gasteiger charge is -2.24. The highest BCUT2D eigenvalue weighted by atomic mass is 16.6. The van der Waals surface area contributed by atoms with Crippen LogP contribution in [0.15, 0.2) is 48.5 Å². The maximum atomic E-state index is 12.7. The van der Waals surface area contributed by atoms with Crippen LogP contribution in [0.1, 0.15) is 35.1 Å². The summed E-state index contributed by atoms with van der Waals surface area (Å²) < 4.78 is 5.23. The fourth-order valence-electron chi connectivity index (χ4n) is 3.89. The standard InChI is InChI=1S/C29H29NO11/c1-2-30-14-19(18-12-24(35)27(38)25(36)13-18)28(29(39)40)41-26(37)8-6-17-11-23(34)22(33)10-16(17)5-3-15-4-7-20(31)21(32)9-15/h3-13,19,28,30-36,38H,2,14H2,1H3,(H,39,40)/b5-3+,8-6+/t19-,28+/m0/s1. The summed E-state index contributed by atoms with van der Waals surface area (Å²) in [5.41, 5.74) is 1.14. The van der Waals surface area contributed by atoms with Gasteiger partial charge >= 0.3 is 11.9 Å². The molecule has 2 atom stereocenters. The van der Waals surface area contributed by atoms with E-state index in [9.17, 15) is 50.4 Å². The van der Waals surface area contributed by atoms with Crippen molar-refractivity contribution < 1.29 is 55.2 Å². The van der Waals surface area contributed by atoms with Gasteiger partial charge in [-0.05, 0) is 71.3 Å². The molecule has 12 heteroatoms. The molecule has 3 aromatic carbocycles. The van der Waals surface area contributed by atoms with E-state index in [4.69, 9.17) is 4.74 Å². The molecule has 0 heterocycles. The number of hydrogen-bond donors (Lipinski definition) is 9. The number of likely N-dealkylation sites (N-methyl/N-ethyl adjacent to an activating group) is 1. The SMILES string of the molecule is CCNC[C@@H](c1cc(O)c(O)c(O)c1)[C@@H](OC(=O)/C=C/c1cc(O)c(O)cc1/C=C/c1ccc(O)c(O)c1)C(=O)O. The Hall–Kier alpha value is -5.36. The van der Waals surface area contributed by atoms with Gasteiger partial charge in [0.15, 0.2) is 40.2 Å². The lowest BCUT2D eigenvalue weighted by atomic mass is 9.92. The van der Waals surface area contributed by atoms with Gasteiger partial charge in [-0.3, -0.25) is 0 Å². The molecular formula is C29H29NO11. The van der Waals surface area contributed by atoms with Crippen molar-refractivity contribution in [2.24, 2.45) is 0 Å². The van der Waals surface area contributed by atoms with Crippen molar-refractivity contribution >= 4 is 30.2 Å². The van der Waals surface area contributed by atoms with E-state index >= 15 is 0 Å². The highest BCUT2D eigenvalue weighted by Crippen LogP contribution is 2.39. The molecule has 0 aliphatic heterocycles. The predicted molar refractivity (Wildman–Crippen MR) is 148 cm³/mol. The van der Waals surface area contributed by atoms with E-state index in [1.807, 2.05) is 0 Å². The van der Waals surface area contributed by atoms with Crippen molar-refractivity contribution in [3.63, 3.8) is 0 Å². The summed E-state index contributed by atoms with van der Waals surface area (Å²) in [5.74, 6) is -7.41. The predicted octanol–water partition coefficient (Wildman–Crippen LogP) is 3.20. The van der Waals surface area contributed by atoms with Gasteiger partial charge in [-0.1, -0.05) is 25.1 Å². The smallest absolute Gasteiger partial charge is 0.345 e. The molecule has 3 aromatic rings. The Morgan fingerprint density at radius 1 is 0.780 bits per heavy atom. The number of phenols is 7. The second-order valence-electron chi connectivity index (χ2n) is 8.90. The number of aliphatic carboxylic acids is 1. The zero-order valence-corrected chi connectivity index (χ0v) is 21.7. The molecule has 0 fully saturated rings. The molecule has 0 spiro atoms. The summed E-state index contributed by atoms with van der Waals surface area (Å²) in [6.07, 6.45) is 3.42. The minimum absolute atomic E-state index is 0.0261. The number of carbonyl (C=O) groups excluding carboxylic acids is 1. The van der Waals surface area contributed by atoms with Crippen LogP contribution in [0.2, 0.25) is 0 Å². The van der Waals surface area contributed by atoms with E-state index in [1.165, 1.54) is 42.5 Å². The van der Waals surface area contributed by atoms with Crippen LogP contribution < -0.4 is 5.32 Å². The number of rotatable bonds is 11. The first-order valence-electron chi connectivity index (χ1n) is 12.2. The van der Waals surface area contributed by atoms with Crippen LogP contribution in [0.4, 0.5) is 0 Å². The number of hydrogen-bond acceptors (Lipinski definition) is 11. The summed E-state index contributed by atoms with van der Waals surface area (Å²) >= 11 is 0. The average Bonchev–Trinajstić information content (AvgIpc) is 2.92. The number of carboxylic acids is 1. The molecule has 9 N–H and O–H groups in total. The maximum Gasteiger partial charge on any atom is 0.345 e. The molecule has 0 unspecified atom stereocenters. The van der Waals surface area contributed by atoms with Gasteiger partial charge in [0, 0.05) is 18.5 Å². The summed E-state index contributed by atoms with van der Waals surface area (Å²) in [6.45, 7) is 2.16.